The molecule has 5 rings (SSSR count). The standard InChI is InChI=1S/C27H23N5O3S/c1-3-16-36-23-11-7-5-9-21(23)28-24(33)17-31-22-10-6-4-8-20(22)26-29-25(30-32(26)27(31)34)18-12-14-19(35-2)15-13-18/h3-15H,1,16-17H2,2H3,(H,28,33). The average molecular weight is 498 g/mol. The van der Waals surface area contributed by atoms with Crippen LogP contribution in [0.25, 0.3) is 27.9 Å². The molecule has 2 aromatic heterocycles. The molecule has 0 radical (unpaired) electrons. The number of ether oxygens (including phenoxy) is 1. The van der Waals surface area contributed by atoms with E-state index in [0.717, 1.165) is 21.6 Å². The molecule has 2 heterocycles. The Morgan fingerprint density at radius 1 is 1.08 bits per heavy atom. The van der Waals surface area contributed by atoms with Crippen LogP contribution in [0.1, 0.15) is 0 Å². The normalized spacial score (nSPS) is 11.0. The van der Waals surface area contributed by atoms with Gasteiger partial charge in [-0.15, -0.1) is 23.4 Å². The first-order valence-corrected chi connectivity index (χ1v) is 12.2. The van der Waals surface area contributed by atoms with Crippen molar-refractivity contribution >= 4 is 39.9 Å². The van der Waals surface area contributed by atoms with Gasteiger partial charge >= 0.3 is 5.69 Å². The minimum Gasteiger partial charge on any atom is -0.497 e. The second-order valence-corrected chi connectivity index (χ2v) is 8.99. The maximum Gasteiger partial charge on any atom is 0.351 e. The van der Waals surface area contributed by atoms with E-state index in [-0.39, 0.29) is 12.5 Å². The third-order valence-electron chi connectivity index (χ3n) is 5.62. The minimum atomic E-state index is -0.444. The van der Waals surface area contributed by atoms with E-state index in [4.69, 9.17) is 4.74 Å². The van der Waals surface area contributed by atoms with Crippen LogP contribution >= 0.6 is 11.8 Å². The van der Waals surface area contributed by atoms with Crippen LogP contribution in [-0.4, -0.2) is 37.9 Å². The number of anilines is 1. The number of hydrogen-bond acceptors (Lipinski definition) is 6. The molecular weight excluding hydrogens is 474 g/mol. The van der Waals surface area contributed by atoms with Crippen LogP contribution in [0.5, 0.6) is 5.75 Å². The SMILES string of the molecule is C=CCSc1ccccc1NC(=O)Cn1c(=O)n2nc(-c3ccc(OC)cc3)nc2c2ccccc21. The molecule has 36 heavy (non-hydrogen) atoms. The molecule has 0 bridgehead atoms. The maximum absolute atomic E-state index is 13.5. The fraction of sp³-hybridized carbons (Fsp3) is 0.111. The number of fused-ring (bicyclic) bond motifs is 3. The monoisotopic (exact) mass is 497 g/mol. The Kier molecular flexibility index (Phi) is 6.55. The number of nitrogens with one attached hydrogen (secondary N) is 1. The molecule has 0 aliphatic heterocycles. The molecule has 0 aliphatic rings. The molecule has 180 valence electrons. The van der Waals surface area contributed by atoms with E-state index in [2.05, 4.69) is 22.0 Å². The lowest BCUT2D eigenvalue weighted by atomic mass is 10.2. The predicted octanol–water partition coefficient (Wildman–Crippen LogP) is 4.64. The van der Waals surface area contributed by atoms with Gasteiger partial charge in [0.2, 0.25) is 5.91 Å². The summed E-state index contributed by atoms with van der Waals surface area (Å²) in [4.78, 5) is 32.1. The molecule has 9 heteroatoms. The van der Waals surface area contributed by atoms with E-state index in [1.807, 2.05) is 72.8 Å². The number of nitrogens with zero attached hydrogens (tertiary/aromatic N) is 4. The number of methoxy groups -OCH3 is 1. The zero-order valence-electron chi connectivity index (χ0n) is 19.5. The van der Waals surface area contributed by atoms with E-state index in [0.29, 0.717) is 28.4 Å². The van der Waals surface area contributed by atoms with Gasteiger partial charge in [-0.25, -0.2) is 9.78 Å². The Bertz CT molecular complexity index is 1640. The van der Waals surface area contributed by atoms with Crippen molar-refractivity contribution in [3.8, 4) is 17.1 Å². The minimum absolute atomic E-state index is 0.173. The first-order chi connectivity index (χ1) is 17.6. The summed E-state index contributed by atoms with van der Waals surface area (Å²) in [7, 11) is 1.60. The van der Waals surface area contributed by atoms with E-state index in [9.17, 15) is 9.59 Å². The average Bonchev–Trinajstić information content (AvgIpc) is 3.37. The Hall–Kier alpha value is -4.37. The van der Waals surface area contributed by atoms with Gasteiger partial charge in [-0.2, -0.15) is 4.52 Å². The van der Waals surface area contributed by atoms with Gasteiger partial charge < -0.3 is 10.1 Å². The lowest BCUT2D eigenvalue weighted by Gasteiger charge is -2.13. The van der Waals surface area contributed by atoms with Crippen LogP contribution in [0.3, 0.4) is 0 Å². The van der Waals surface area contributed by atoms with Crippen molar-refractivity contribution in [3.05, 3.63) is 95.9 Å². The molecule has 0 aliphatic carbocycles. The van der Waals surface area contributed by atoms with Gasteiger partial charge in [0.25, 0.3) is 0 Å². The summed E-state index contributed by atoms with van der Waals surface area (Å²) in [5.41, 5.74) is 2.04. The molecule has 0 spiro atoms. The third-order valence-corrected chi connectivity index (χ3v) is 6.69. The van der Waals surface area contributed by atoms with E-state index >= 15 is 0 Å². The number of rotatable bonds is 8. The predicted molar refractivity (Wildman–Crippen MR) is 143 cm³/mol. The highest BCUT2D eigenvalue weighted by molar-refractivity contribution is 7.99. The van der Waals surface area contributed by atoms with E-state index in [1.165, 1.54) is 9.08 Å². The number of thioether (sulfide) groups is 1. The number of aromatic nitrogens is 4. The first kappa shape index (κ1) is 23.4. The fourth-order valence-corrected chi connectivity index (χ4v) is 4.68. The van der Waals surface area contributed by atoms with Crippen molar-refractivity contribution in [2.45, 2.75) is 11.4 Å². The Labute approximate surface area is 211 Å². The lowest BCUT2D eigenvalue weighted by molar-refractivity contribution is -0.116. The van der Waals surface area contributed by atoms with Crippen LogP contribution < -0.4 is 15.7 Å². The van der Waals surface area contributed by atoms with Crippen molar-refractivity contribution in [1.29, 1.82) is 0 Å². The smallest absolute Gasteiger partial charge is 0.351 e. The van der Waals surface area contributed by atoms with Crippen molar-refractivity contribution < 1.29 is 9.53 Å². The lowest BCUT2D eigenvalue weighted by Crippen LogP contribution is -2.32. The molecule has 0 saturated heterocycles. The van der Waals surface area contributed by atoms with E-state index in [1.54, 1.807) is 24.9 Å². The summed E-state index contributed by atoms with van der Waals surface area (Å²) in [5, 5.41) is 8.14. The summed E-state index contributed by atoms with van der Waals surface area (Å²) in [6.45, 7) is 3.58. The van der Waals surface area contributed by atoms with Crippen LogP contribution in [-0.2, 0) is 11.3 Å². The summed E-state index contributed by atoms with van der Waals surface area (Å²) in [5.74, 6) is 1.53. The number of para-hydroxylation sites is 2. The van der Waals surface area contributed by atoms with Gasteiger partial charge in [-0.05, 0) is 48.5 Å². The second kappa shape index (κ2) is 10.1. The molecular formula is C27H23N5O3S. The highest BCUT2D eigenvalue weighted by Gasteiger charge is 2.18. The topological polar surface area (TPSA) is 90.5 Å². The number of carbonyl (C=O) groups excluding carboxylic acids is 1. The molecule has 0 unspecified atom stereocenters. The van der Waals surface area contributed by atoms with Gasteiger partial charge in [-0.3, -0.25) is 9.36 Å². The highest BCUT2D eigenvalue weighted by Crippen LogP contribution is 2.27. The Morgan fingerprint density at radius 2 is 1.83 bits per heavy atom. The zero-order valence-corrected chi connectivity index (χ0v) is 20.4. The maximum atomic E-state index is 13.5. The number of amides is 1. The van der Waals surface area contributed by atoms with Gasteiger partial charge in [0.15, 0.2) is 11.5 Å². The van der Waals surface area contributed by atoms with Gasteiger partial charge in [0.05, 0.1) is 18.3 Å². The highest BCUT2D eigenvalue weighted by atomic mass is 32.2. The van der Waals surface area contributed by atoms with Crippen LogP contribution in [0, 0.1) is 0 Å². The Morgan fingerprint density at radius 3 is 2.61 bits per heavy atom. The van der Waals surface area contributed by atoms with Gasteiger partial charge in [0.1, 0.15) is 12.3 Å². The van der Waals surface area contributed by atoms with Crippen LogP contribution in [0.15, 0.2) is 95.1 Å². The third kappa shape index (κ3) is 4.48. The quantitative estimate of drug-likeness (QED) is 0.248. The molecule has 1 amide bonds. The van der Waals surface area contributed by atoms with Crippen molar-refractivity contribution in [1.82, 2.24) is 19.2 Å². The van der Waals surface area contributed by atoms with Crippen LogP contribution in [0.2, 0.25) is 0 Å². The second-order valence-electron chi connectivity index (χ2n) is 7.93. The molecule has 0 saturated carbocycles. The van der Waals surface area contributed by atoms with Gasteiger partial charge in [0, 0.05) is 21.6 Å². The van der Waals surface area contributed by atoms with Crippen molar-refractivity contribution in [2.24, 2.45) is 0 Å². The molecule has 8 nitrogen and oxygen atoms in total. The summed E-state index contributed by atoms with van der Waals surface area (Å²) < 4.78 is 7.89. The number of hydrogen-bond donors (Lipinski definition) is 1. The molecule has 1 N–H and O–H groups in total. The molecule has 5 aromatic rings. The van der Waals surface area contributed by atoms with E-state index < -0.39 is 5.69 Å². The first-order valence-electron chi connectivity index (χ1n) is 11.2. The summed E-state index contributed by atoms with van der Waals surface area (Å²) in [6, 6.07) is 22.2. The molecule has 0 atom stereocenters. The summed E-state index contributed by atoms with van der Waals surface area (Å²) in [6.07, 6.45) is 1.81. The summed E-state index contributed by atoms with van der Waals surface area (Å²) >= 11 is 1.57. The molecule has 3 aromatic carbocycles. The molecule has 0 fully saturated rings. The largest absolute Gasteiger partial charge is 0.497 e. The van der Waals surface area contributed by atoms with Crippen molar-refractivity contribution in [2.75, 3.05) is 18.2 Å². The van der Waals surface area contributed by atoms with Crippen LogP contribution in [0.4, 0.5) is 5.69 Å². The van der Waals surface area contributed by atoms with Crippen molar-refractivity contribution in [3.63, 3.8) is 0 Å². The number of carbonyl (C=O) groups is 1. The Balaban J connectivity index is 1.53. The zero-order chi connectivity index (χ0) is 25.1. The fourth-order valence-electron chi connectivity index (χ4n) is 3.93. The number of benzene rings is 3. The van der Waals surface area contributed by atoms with Gasteiger partial charge in [-0.1, -0.05) is 30.3 Å².